The molecule has 0 saturated carbocycles. The lowest BCUT2D eigenvalue weighted by Gasteiger charge is -2.14. The minimum Gasteiger partial charge on any atom is -0.365 e. The van der Waals surface area contributed by atoms with Crippen LogP contribution in [0.2, 0.25) is 0 Å². The van der Waals surface area contributed by atoms with Crippen LogP contribution in [0.4, 0.5) is 10.2 Å². The SMILES string of the molecule is CC(CCCN)Nc1ncc(Br)cc1F. The number of aromatic nitrogens is 1. The third-order valence-corrected chi connectivity index (χ3v) is 2.47. The van der Waals surface area contributed by atoms with Gasteiger partial charge in [0.25, 0.3) is 0 Å². The minimum atomic E-state index is -0.344. The topological polar surface area (TPSA) is 50.9 Å². The van der Waals surface area contributed by atoms with Gasteiger partial charge in [-0.15, -0.1) is 0 Å². The number of pyridine rings is 1. The Kier molecular flexibility index (Phi) is 4.98. The van der Waals surface area contributed by atoms with Gasteiger partial charge in [-0.25, -0.2) is 9.37 Å². The molecule has 0 amide bonds. The van der Waals surface area contributed by atoms with Crippen LogP contribution in [0, 0.1) is 5.82 Å². The monoisotopic (exact) mass is 275 g/mol. The second kappa shape index (κ2) is 6.02. The van der Waals surface area contributed by atoms with Crippen molar-refractivity contribution in [3.05, 3.63) is 22.6 Å². The highest BCUT2D eigenvalue weighted by Gasteiger charge is 2.07. The van der Waals surface area contributed by atoms with Gasteiger partial charge in [-0.3, -0.25) is 0 Å². The first-order valence-electron chi connectivity index (χ1n) is 4.91. The quantitative estimate of drug-likeness (QED) is 0.868. The molecule has 15 heavy (non-hydrogen) atoms. The van der Waals surface area contributed by atoms with Gasteiger partial charge in [-0.05, 0) is 48.3 Å². The molecule has 0 aliphatic heterocycles. The molecule has 1 aromatic rings. The molecule has 0 aromatic carbocycles. The van der Waals surface area contributed by atoms with Gasteiger partial charge < -0.3 is 11.1 Å². The number of rotatable bonds is 5. The van der Waals surface area contributed by atoms with Crippen LogP contribution in [-0.2, 0) is 0 Å². The Balaban J connectivity index is 2.56. The highest BCUT2D eigenvalue weighted by Crippen LogP contribution is 2.17. The van der Waals surface area contributed by atoms with Crippen molar-refractivity contribution in [2.75, 3.05) is 11.9 Å². The highest BCUT2D eigenvalue weighted by molar-refractivity contribution is 9.10. The highest BCUT2D eigenvalue weighted by atomic mass is 79.9. The van der Waals surface area contributed by atoms with Gasteiger partial charge in [0.05, 0.1) is 0 Å². The zero-order valence-corrected chi connectivity index (χ0v) is 10.2. The fourth-order valence-electron chi connectivity index (χ4n) is 1.25. The first kappa shape index (κ1) is 12.4. The molecular formula is C10H15BrFN3. The fraction of sp³-hybridized carbons (Fsp3) is 0.500. The first-order valence-corrected chi connectivity index (χ1v) is 5.70. The number of halogens is 2. The van der Waals surface area contributed by atoms with Crippen molar-refractivity contribution in [2.24, 2.45) is 5.73 Å². The molecule has 1 atom stereocenters. The van der Waals surface area contributed by atoms with Crippen LogP contribution in [-0.4, -0.2) is 17.6 Å². The lowest BCUT2D eigenvalue weighted by molar-refractivity contribution is 0.609. The normalized spacial score (nSPS) is 12.5. The van der Waals surface area contributed by atoms with Crippen LogP contribution in [0.3, 0.4) is 0 Å². The van der Waals surface area contributed by atoms with Crippen molar-refractivity contribution in [2.45, 2.75) is 25.8 Å². The van der Waals surface area contributed by atoms with Gasteiger partial charge >= 0.3 is 0 Å². The maximum atomic E-state index is 13.4. The van der Waals surface area contributed by atoms with Gasteiger partial charge in [-0.2, -0.15) is 0 Å². The van der Waals surface area contributed by atoms with E-state index in [9.17, 15) is 4.39 Å². The van der Waals surface area contributed by atoms with Crippen molar-refractivity contribution in [3.63, 3.8) is 0 Å². The molecule has 84 valence electrons. The summed E-state index contributed by atoms with van der Waals surface area (Å²) in [7, 11) is 0. The van der Waals surface area contributed by atoms with E-state index in [2.05, 4.69) is 26.2 Å². The lowest BCUT2D eigenvalue weighted by atomic mass is 10.2. The van der Waals surface area contributed by atoms with Crippen molar-refractivity contribution >= 4 is 21.7 Å². The van der Waals surface area contributed by atoms with Gasteiger partial charge in [-0.1, -0.05) is 0 Å². The molecule has 1 aromatic heterocycles. The number of nitrogens with one attached hydrogen (secondary N) is 1. The van der Waals surface area contributed by atoms with Crippen LogP contribution in [0.5, 0.6) is 0 Å². The Bertz CT molecular complexity index is 320. The second-order valence-electron chi connectivity index (χ2n) is 3.46. The molecule has 0 radical (unpaired) electrons. The van der Waals surface area contributed by atoms with Gasteiger partial charge in [0, 0.05) is 16.7 Å². The van der Waals surface area contributed by atoms with Crippen LogP contribution in [0.1, 0.15) is 19.8 Å². The Labute approximate surface area is 97.4 Å². The molecule has 0 fully saturated rings. The van der Waals surface area contributed by atoms with Crippen LogP contribution < -0.4 is 11.1 Å². The summed E-state index contributed by atoms with van der Waals surface area (Å²) in [5.74, 6) is -0.0494. The van der Waals surface area contributed by atoms with E-state index < -0.39 is 0 Å². The largest absolute Gasteiger partial charge is 0.365 e. The van der Waals surface area contributed by atoms with Crippen molar-refractivity contribution in [1.82, 2.24) is 4.98 Å². The molecule has 0 bridgehead atoms. The van der Waals surface area contributed by atoms with Gasteiger partial charge in [0.2, 0.25) is 0 Å². The molecule has 0 saturated heterocycles. The Hall–Kier alpha value is -0.680. The van der Waals surface area contributed by atoms with Gasteiger partial charge in [0.1, 0.15) is 0 Å². The zero-order chi connectivity index (χ0) is 11.3. The number of anilines is 1. The van der Waals surface area contributed by atoms with E-state index in [1.807, 2.05) is 6.92 Å². The Morgan fingerprint density at radius 3 is 3.00 bits per heavy atom. The van der Waals surface area contributed by atoms with E-state index in [1.165, 1.54) is 6.07 Å². The molecule has 0 spiro atoms. The average molecular weight is 276 g/mol. The van der Waals surface area contributed by atoms with E-state index in [0.29, 0.717) is 16.8 Å². The summed E-state index contributed by atoms with van der Waals surface area (Å²) in [6.45, 7) is 2.64. The molecule has 1 heterocycles. The summed E-state index contributed by atoms with van der Waals surface area (Å²) in [6.07, 6.45) is 3.40. The van der Waals surface area contributed by atoms with Crippen molar-refractivity contribution in [3.8, 4) is 0 Å². The fourth-order valence-corrected chi connectivity index (χ4v) is 1.55. The van der Waals surface area contributed by atoms with E-state index in [0.717, 1.165) is 12.8 Å². The third-order valence-electron chi connectivity index (χ3n) is 2.03. The van der Waals surface area contributed by atoms with Crippen LogP contribution in [0.15, 0.2) is 16.7 Å². The van der Waals surface area contributed by atoms with E-state index in [1.54, 1.807) is 6.20 Å². The summed E-state index contributed by atoms with van der Waals surface area (Å²) in [5.41, 5.74) is 5.40. The van der Waals surface area contributed by atoms with E-state index >= 15 is 0 Å². The van der Waals surface area contributed by atoms with E-state index in [-0.39, 0.29) is 11.9 Å². The standard InChI is InChI=1S/C10H15BrFN3/c1-7(3-2-4-13)15-10-9(12)5-8(11)6-14-10/h5-7H,2-4,13H2,1H3,(H,14,15). The molecule has 3 N–H and O–H groups in total. The summed E-state index contributed by atoms with van der Waals surface area (Å²) in [4.78, 5) is 3.96. The Morgan fingerprint density at radius 1 is 1.67 bits per heavy atom. The second-order valence-corrected chi connectivity index (χ2v) is 4.38. The predicted octanol–water partition coefficient (Wildman–Crippen LogP) is 2.52. The van der Waals surface area contributed by atoms with Crippen LogP contribution in [0.25, 0.3) is 0 Å². The average Bonchev–Trinajstić information content (AvgIpc) is 2.19. The molecule has 0 aliphatic rings. The molecule has 3 nitrogen and oxygen atoms in total. The molecule has 0 aliphatic carbocycles. The molecular weight excluding hydrogens is 261 g/mol. The smallest absolute Gasteiger partial charge is 0.166 e. The van der Waals surface area contributed by atoms with Crippen molar-refractivity contribution in [1.29, 1.82) is 0 Å². The molecule has 5 heteroatoms. The summed E-state index contributed by atoms with van der Waals surface area (Å²) in [5, 5.41) is 3.01. The van der Waals surface area contributed by atoms with Crippen LogP contribution >= 0.6 is 15.9 Å². The summed E-state index contributed by atoms with van der Waals surface area (Å²) >= 11 is 3.16. The Morgan fingerprint density at radius 2 is 2.40 bits per heavy atom. The summed E-state index contributed by atoms with van der Waals surface area (Å²) < 4.78 is 14.0. The maximum absolute atomic E-state index is 13.4. The lowest BCUT2D eigenvalue weighted by Crippen LogP contribution is -2.18. The molecule has 1 rings (SSSR count). The third kappa shape index (κ3) is 4.13. The number of hydrogen-bond acceptors (Lipinski definition) is 3. The van der Waals surface area contributed by atoms with Gasteiger partial charge in [0.15, 0.2) is 11.6 Å². The van der Waals surface area contributed by atoms with E-state index in [4.69, 9.17) is 5.73 Å². The molecule has 1 unspecified atom stereocenters. The number of nitrogens with two attached hydrogens (primary N) is 1. The zero-order valence-electron chi connectivity index (χ0n) is 8.63. The minimum absolute atomic E-state index is 0.178. The summed E-state index contributed by atoms with van der Waals surface area (Å²) in [6, 6.07) is 1.57. The number of hydrogen-bond donors (Lipinski definition) is 2. The predicted molar refractivity (Wildman–Crippen MR) is 63.3 cm³/mol. The first-order chi connectivity index (χ1) is 7.13. The van der Waals surface area contributed by atoms with Crippen molar-refractivity contribution < 1.29 is 4.39 Å². The number of nitrogens with zero attached hydrogens (tertiary/aromatic N) is 1. The maximum Gasteiger partial charge on any atom is 0.166 e.